The Labute approximate surface area is 168 Å². The Morgan fingerprint density at radius 3 is 2.76 bits per heavy atom. The van der Waals surface area contributed by atoms with Gasteiger partial charge in [0, 0.05) is 55.4 Å². The van der Waals surface area contributed by atoms with E-state index in [1.165, 1.54) is 6.07 Å². The van der Waals surface area contributed by atoms with Crippen molar-refractivity contribution >= 4 is 5.91 Å². The SMILES string of the molecule is O=C(CCn1ccccc1=O)NC1CCC(n2cc(-c3cnccn3)cn2)CC1. The first-order chi connectivity index (χ1) is 14.2. The van der Waals surface area contributed by atoms with Crippen LogP contribution in [0.2, 0.25) is 0 Å². The molecule has 0 spiro atoms. The number of hydrogen-bond donors (Lipinski definition) is 1. The lowest BCUT2D eigenvalue weighted by Crippen LogP contribution is -2.38. The number of carbonyl (C=O) groups is 1. The molecule has 0 radical (unpaired) electrons. The van der Waals surface area contributed by atoms with Crippen molar-refractivity contribution in [3.05, 3.63) is 65.7 Å². The number of aromatic nitrogens is 5. The molecule has 0 saturated heterocycles. The van der Waals surface area contributed by atoms with Crippen LogP contribution in [0.3, 0.4) is 0 Å². The predicted molar refractivity (Wildman–Crippen MR) is 108 cm³/mol. The number of rotatable bonds is 6. The molecule has 1 aliphatic carbocycles. The fraction of sp³-hybridized carbons (Fsp3) is 0.381. The van der Waals surface area contributed by atoms with E-state index in [2.05, 4.69) is 20.4 Å². The minimum atomic E-state index is -0.0825. The molecule has 1 aliphatic rings. The molecule has 0 unspecified atom stereocenters. The fourth-order valence-corrected chi connectivity index (χ4v) is 3.77. The van der Waals surface area contributed by atoms with E-state index in [0.717, 1.165) is 36.9 Å². The molecule has 3 heterocycles. The van der Waals surface area contributed by atoms with Crippen molar-refractivity contribution in [3.8, 4) is 11.3 Å². The average molecular weight is 392 g/mol. The number of pyridine rings is 1. The van der Waals surface area contributed by atoms with Gasteiger partial charge in [-0.2, -0.15) is 5.10 Å². The van der Waals surface area contributed by atoms with Crippen LogP contribution in [-0.2, 0) is 11.3 Å². The maximum absolute atomic E-state index is 12.3. The summed E-state index contributed by atoms with van der Waals surface area (Å²) in [7, 11) is 0. The fourth-order valence-electron chi connectivity index (χ4n) is 3.77. The minimum Gasteiger partial charge on any atom is -0.353 e. The second-order valence-electron chi connectivity index (χ2n) is 7.35. The molecule has 150 valence electrons. The first-order valence-corrected chi connectivity index (χ1v) is 9.94. The third kappa shape index (κ3) is 4.77. The Balaban J connectivity index is 1.25. The highest BCUT2D eigenvalue weighted by atomic mass is 16.2. The maximum atomic E-state index is 12.3. The Hall–Kier alpha value is -3.29. The Morgan fingerprint density at radius 1 is 1.14 bits per heavy atom. The summed E-state index contributed by atoms with van der Waals surface area (Å²) in [4.78, 5) is 32.4. The zero-order chi connectivity index (χ0) is 20.1. The summed E-state index contributed by atoms with van der Waals surface area (Å²) >= 11 is 0. The maximum Gasteiger partial charge on any atom is 0.250 e. The van der Waals surface area contributed by atoms with Crippen molar-refractivity contribution in [2.75, 3.05) is 0 Å². The molecule has 1 fully saturated rings. The average Bonchev–Trinajstić information content (AvgIpc) is 3.25. The van der Waals surface area contributed by atoms with E-state index in [4.69, 9.17) is 0 Å². The lowest BCUT2D eigenvalue weighted by Gasteiger charge is -2.29. The number of nitrogens with zero attached hydrogens (tertiary/aromatic N) is 5. The highest BCUT2D eigenvalue weighted by Gasteiger charge is 2.24. The van der Waals surface area contributed by atoms with Crippen LogP contribution in [0, 0.1) is 0 Å². The molecular formula is C21H24N6O2. The van der Waals surface area contributed by atoms with Crippen LogP contribution in [0.5, 0.6) is 0 Å². The van der Waals surface area contributed by atoms with Crippen LogP contribution in [0.15, 0.2) is 60.2 Å². The zero-order valence-corrected chi connectivity index (χ0v) is 16.1. The standard InChI is InChI=1S/C21H24N6O2/c28-20(8-12-26-11-2-1-3-21(26)29)25-17-4-6-18(7-5-17)27-15-16(13-24-27)19-14-22-9-10-23-19/h1-3,9-11,13-15,17-18H,4-8,12H2,(H,25,28). The van der Waals surface area contributed by atoms with Gasteiger partial charge in [-0.1, -0.05) is 6.07 Å². The zero-order valence-electron chi connectivity index (χ0n) is 16.1. The van der Waals surface area contributed by atoms with Gasteiger partial charge in [-0.3, -0.25) is 24.2 Å². The predicted octanol–water partition coefficient (Wildman–Crippen LogP) is 2.19. The molecule has 0 aromatic carbocycles. The van der Waals surface area contributed by atoms with Crippen LogP contribution in [0.25, 0.3) is 11.3 Å². The second kappa shape index (κ2) is 8.81. The molecular weight excluding hydrogens is 368 g/mol. The molecule has 1 N–H and O–H groups in total. The van der Waals surface area contributed by atoms with Gasteiger partial charge < -0.3 is 9.88 Å². The summed E-state index contributed by atoms with van der Waals surface area (Å²) < 4.78 is 3.56. The summed E-state index contributed by atoms with van der Waals surface area (Å²) in [5.74, 6) is -0.00627. The highest BCUT2D eigenvalue weighted by molar-refractivity contribution is 5.76. The summed E-state index contributed by atoms with van der Waals surface area (Å²) in [6, 6.07) is 5.51. The molecule has 1 amide bonds. The number of aryl methyl sites for hydroxylation is 1. The lowest BCUT2D eigenvalue weighted by atomic mass is 9.91. The van der Waals surface area contributed by atoms with E-state index in [9.17, 15) is 9.59 Å². The van der Waals surface area contributed by atoms with E-state index in [-0.39, 0.29) is 17.5 Å². The van der Waals surface area contributed by atoms with E-state index in [1.54, 1.807) is 41.5 Å². The molecule has 0 bridgehead atoms. The largest absolute Gasteiger partial charge is 0.353 e. The van der Waals surface area contributed by atoms with Crippen molar-refractivity contribution in [1.29, 1.82) is 0 Å². The van der Waals surface area contributed by atoms with Crippen LogP contribution in [0.1, 0.15) is 38.1 Å². The summed E-state index contributed by atoms with van der Waals surface area (Å²) in [6.45, 7) is 0.402. The van der Waals surface area contributed by atoms with Gasteiger partial charge >= 0.3 is 0 Å². The van der Waals surface area contributed by atoms with Gasteiger partial charge in [0.2, 0.25) is 5.91 Å². The molecule has 4 rings (SSSR count). The summed E-state index contributed by atoms with van der Waals surface area (Å²) in [5, 5.41) is 7.61. The van der Waals surface area contributed by atoms with Crippen LogP contribution in [-0.4, -0.2) is 36.3 Å². The van der Waals surface area contributed by atoms with Gasteiger partial charge in [0.25, 0.3) is 5.56 Å². The third-order valence-electron chi connectivity index (χ3n) is 5.38. The smallest absolute Gasteiger partial charge is 0.250 e. The van der Waals surface area contributed by atoms with Crippen LogP contribution in [0.4, 0.5) is 0 Å². The third-order valence-corrected chi connectivity index (χ3v) is 5.38. The normalized spacial score (nSPS) is 19.0. The molecule has 0 aliphatic heterocycles. The summed E-state index contributed by atoms with van der Waals surface area (Å²) in [5.41, 5.74) is 1.70. The van der Waals surface area contributed by atoms with Crippen molar-refractivity contribution in [1.82, 2.24) is 29.6 Å². The van der Waals surface area contributed by atoms with Crippen molar-refractivity contribution < 1.29 is 4.79 Å². The van der Waals surface area contributed by atoms with Crippen molar-refractivity contribution in [2.24, 2.45) is 0 Å². The molecule has 3 aromatic heterocycles. The molecule has 29 heavy (non-hydrogen) atoms. The molecule has 1 saturated carbocycles. The molecule has 8 heteroatoms. The number of nitrogens with one attached hydrogen (secondary N) is 1. The topological polar surface area (TPSA) is 94.7 Å². The first kappa shape index (κ1) is 19.0. The Bertz CT molecular complexity index is 1010. The Morgan fingerprint density at radius 2 is 2.00 bits per heavy atom. The van der Waals surface area contributed by atoms with E-state index < -0.39 is 0 Å². The van der Waals surface area contributed by atoms with E-state index in [1.807, 2.05) is 17.1 Å². The van der Waals surface area contributed by atoms with Crippen molar-refractivity contribution in [2.45, 2.75) is 50.7 Å². The lowest BCUT2D eigenvalue weighted by molar-refractivity contribution is -0.122. The molecule has 3 aromatic rings. The molecule has 0 atom stereocenters. The number of amides is 1. The first-order valence-electron chi connectivity index (χ1n) is 9.94. The number of hydrogen-bond acceptors (Lipinski definition) is 5. The number of carbonyl (C=O) groups excluding carboxylic acids is 1. The van der Waals surface area contributed by atoms with E-state index >= 15 is 0 Å². The second-order valence-corrected chi connectivity index (χ2v) is 7.35. The highest BCUT2D eigenvalue weighted by Crippen LogP contribution is 2.29. The van der Waals surface area contributed by atoms with Gasteiger partial charge in [-0.15, -0.1) is 0 Å². The van der Waals surface area contributed by atoms with Gasteiger partial charge in [0.05, 0.1) is 24.1 Å². The van der Waals surface area contributed by atoms with Gasteiger partial charge in [0.15, 0.2) is 0 Å². The van der Waals surface area contributed by atoms with E-state index in [0.29, 0.717) is 19.0 Å². The van der Waals surface area contributed by atoms with Gasteiger partial charge in [0.1, 0.15) is 0 Å². The quantitative estimate of drug-likeness (QED) is 0.694. The van der Waals surface area contributed by atoms with Crippen LogP contribution >= 0.6 is 0 Å². The van der Waals surface area contributed by atoms with Gasteiger partial charge in [-0.25, -0.2) is 0 Å². The van der Waals surface area contributed by atoms with Crippen LogP contribution < -0.4 is 10.9 Å². The summed E-state index contributed by atoms with van der Waals surface area (Å²) in [6.07, 6.45) is 14.7. The minimum absolute atomic E-state index is 0.00627. The molecule has 8 nitrogen and oxygen atoms in total. The van der Waals surface area contributed by atoms with Crippen molar-refractivity contribution in [3.63, 3.8) is 0 Å². The van der Waals surface area contributed by atoms with Gasteiger partial charge in [-0.05, 0) is 31.7 Å². The monoisotopic (exact) mass is 392 g/mol. The Kier molecular flexibility index (Phi) is 5.79.